The van der Waals surface area contributed by atoms with Crippen molar-refractivity contribution in [2.75, 3.05) is 19.8 Å². The van der Waals surface area contributed by atoms with Crippen LogP contribution in [0, 0.1) is 0 Å². The molecule has 0 atom stereocenters. The zero-order valence-corrected chi connectivity index (χ0v) is 6.42. The molecule has 1 fully saturated rings. The average Bonchev–Trinajstić information content (AvgIpc) is 2.05. The molecule has 11 heavy (non-hydrogen) atoms. The maximum atomic E-state index is 11.8. The maximum absolute atomic E-state index is 11.8. The Hall–Kier alpha value is -0.640. The van der Waals surface area contributed by atoms with Crippen molar-refractivity contribution >= 4 is 5.91 Å². The van der Waals surface area contributed by atoms with Crippen LogP contribution in [-0.2, 0) is 4.79 Å². The van der Waals surface area contributed by atoms with E-state index in [1.165, 1.54) is 4.90 Å². The Labute approximate surface area is 65.3 Å². The highest BCUT2D eigenvalue weighted by Gasteiger charge is 2.19. The van der Waals surface area contributed by atoms with Gasteiger partial charge < -0.3 is 10.6 Å². The number of nitrogens with two attached hydrogens (primary N) is 1. The van der Waals surface area contributed by atoms with Crippen LogP contribution in [0.5, 0.6) is 0 Å². The first-order valence-electron chi connectivity index (χ1n) is 3.83. The second kappa shape index (κ2) is 3.67. The minimum Gasteiger partial charge on any atom is -0.340 e. The molecule has 1 heterocycles. The van der Waals surface area contributed by atoms with Gasteiger partial charge in [-0.25, -0.2) is 4.39 Å². The molecule has 0 aromatic rings. The van der Waals surface area contributed by atoms with Gasteiger partial charge in [0.15, 0.2) is 6.67 Å². The van der Waals surface area contributed by atoms with Gasteiger partial charge in [0.1, 0.15) is 0 Å². The van der Waals surface area contributed by atoms with Crippen LogP contribution < -0.4 is 5.73 Å². The summed E-state index contributed by atoms with van der Waals surface area (Å²) in [5, 5.41) is 0. The molecule has 2 N–H and O–H groups in total. The number of alkyl halides is 1. The van der Waals surface area contributed by atoms with Gasteiger partial charge in [0, 0.05) is 19.1 Å². The summed E-state index contributed by atoms with van der Waals surface area (Å²) >= 11 is 0. The third-order valence-corrected chi connectivity index (χ3v) is 2.01. The summed E-state index contributed by atoms with van der Waals surface area (Å²) in [6, 6.07) is 0.193. The number of nitrogens with zero attached hydrogens (tertiary/aromatic N) is 1. The molecule has 4 heteroatoms. The lowest BCUT2D eigenvalue weighted by molar-refractivity contribution is -0.133. The van der Waals surface area contributed by atoms with E-state index < -0.39 is 12.6 Å². The Balaban J connectivity index is 2.33. The molecule has 1 saturated heterocycles. The van der Waals surface area contributed by atoms with Gasteiger partial charge >= 0.3 is 0 Å². The molecular weight excluding hydrogens is 147 g/mol. The third-order valence-electron chi connectivity index (χ3n) is 2.01. The molecule has 0 bridgehead atoms. The fourth-order valence-electron chi connectivity index (χ4n) is 1.23. The first-order chi connectivity index (χ1) is 5.24. The summed E-state index contributed by atoms with van der Waals surface area (Å²) in [7, 11) is 0. The molecular formula is C7H13FN2O. The number of piperidine rings is 1. The highest BCUT2D eigenvalue weighted by Crippen LogP contribution is 2.07. The van der Waals surface area contributed by atoms with Crippen molar-refractivity contribution in [3.05, 3.63) is 0 Å². The van der Waals surface area contributed by atoms with Gasteiger partial charge in [0.2, 0.25) is 0 Å². The standard InChI is InChI=1S/C7H13FN2O/c8-5-7(11)10-3-1-6(9)2-4-10/h6H,1-5,9H2. The SMILES string of the molecule is NC1CCN(C(=O)CF)CC1. The van der Waals surface area contributed by atoms with Crippen LogP contribution in [-0.4, -0.2) is 36.6 Å². The lowest BCUT2D eigenvalue weighted by Crippen LogP contribution is -2.43. The number of hydrogen-bond donors (Lipinski definition) is 1. The lowest BCUT2D eigenvalue weighted by Gasteiger charge is -2.29. The van der Waals surface area contributed by atoms with Crippen molar-refractivity contribution in [1.82, 2.24) is 4.90 Å². The van der Waals surface area contributed by atoms with Crippen LogP contribution in [0.15, 0.2) is 0 Å². The molecule has 0 radical (unpaired) electrons. The van der Waals surface area contributed by atoms with Crippen LogP contribution in [0.2, 0.25) is 0 Å². The number of hydrogen-bond acceptors (Lipinski definition) is 2. The Morgan fingerprint density at radius 3 is 2.55 bits per heavy atom. The second-order valence-corrected chi connectivity index (χ2v) is 2.85. The Kier molecular flexibility index (Phi) is 2.82. The van der Waals surface area contributed by atoms with Crippen LogP contribution >= 0.6 is 0 Å². The minimum atomic E-state index is -0.880. The summed E-state index contributed by atoms with van der Waals surface area (Å²) in [5.41, 5.74) is 5.61. The van der Waals surface area contributed by atoms with Gasteiger partial charge in [0.25, 0.3) is 5.91 Å². The van der Waals surface area contributed by atoms with Crippen molar-refractivity contribution in [3.63, 3.8) is 0 Å². The average molecular weight is 160 g/mol. The van der Waals surface area contributed by atoms with Crippen LogP contribution in [0.25, 0.3) is 0 Å². The van der Waals surface area contributed by atoms with Gasteiger partial charge in [-0.1, -0.05) is 0 Å². The fourth-order valence-corrected chi connectivity index (χ4v) is 1.23. The molecule has 0 saturated carbocycles. The molecule has 64 valence electrons. The molecule has 0 aromatic carbocycles. The zero-order chi connectivity index (χ0) is 8.27. The van der Waals surface area contributed by atoms with Crippen LogP contribution in [0.1, 0.15) is 12.8 Å². The van der Waals surface area contributed by atoms with Crippen molar-refractivity contribution in [2.24, 2.45) is 5.73 Å². The van der Waals surface area contributed by atoms with Gasteiger partial charge in [-0.05, 0) is 12.8 Å². The molecule has 0 spiro atoms. The number of carbonyl (C=O) groups is 1. The predicted molar refractivity (Wildman–Crippen MR) is 39.8 cm³/mol. The molecule has 1 aliphatic rings. The topological polar surface area (TPSA) is 46.3 Å². The first kappa shape index (κ1) is 8.46. The summed E-state index contributed by atoms with van der Waals surface area (Å²) in [5.74, 6) is -0.406. The van der Waals surface area contributed by atoms with E-state index in [1.54, 1.807) is 0 Å². The lowest BCUT2D eigenvalue weighted by atomic mass is 10.1. The molecule has 1 aliphatic heterocycles. The number of rotatable bonds is 1. The summed E-state index contributed by atoms with van der Waals surface area (Å²) in [6.07, 6.45) is 1.59. The van der Waals surface area contributed by atoms with Crippen molar-refractivity contribution in [3.8, 4) is 0 Å². The van der Waals surface area contributed by atoms with Gasteiger partial charge in [-0.2, -0.15) is 0 Å². The highest BCUT2D eigenvalue weighted by molar-refractivity contribution is 5.77. The molecule has 0 aromatic heterocycles. The van der Waals surface area contributed by atoms with Gasteiger partial charge in [-0.3, -0.25) is 4.79 Å². The smallest absolute Gasteiger partial charge is 0.253 e. The largest absolute Gasteiger partial charge is 0.340 e. The molecule has 0 unspecified atom stereocenters. The van der Waals surface area contributed by atoms with E-state index in [1.807, 2.05) is 0 Å². The van der Waals surface area contributed by atoms with Crippen molar-refractivity contribution in [1.29, 1.82) is 0 Å². The van der Waals surface area contributed by atoms with E-state index in [-0.39, 0.29) is 6.04 Å². The number of amides is 1. The van der Waals surface area contributed by atoms with E-state index in [0.717, 1.165) is 12.8 Å². The number of likely N-dealkylation sites (tertiary alicyclic amines) is 1. The third kappa shape index (κ3) is 2.15. The summed E-state index contributed by atoms with van der Waals surface area (Å²) < 4.78 is 11.8. The Bertz CT molecular complexity index is 143. The number of halogens is 1. The van der Waals surface area contributed by atoms with E-state index >= 15 is 0 Å². The molecule has 1 rings (SSSR count). The quantitative estimate of drug-likeness (QED) is 0.582. The Morgan fingerprint density at radius 2 is 2.09 bits per heavy atom. The number of carbonyl (C=O) groups excluding carboxylic acids is 1. The summed E-state index contributed by atoms with van der Waals surface area (Å²) in [6.45, 7) is 0.350. The minimum absolute atomic E-state index is 0.193. The summed E-state index contributed by atoms with van der Waals surface area (Å²) in [4.78, 5) is 12.3. The van der Waals surface area contributed by atoms with E-state index in [4.69, 9.17) is 5.73 Å². The van der Waals surface area contributed by atoms with E-state index in [9.17, 15) is 9.18 Å². The second-order valence-electron chi connectivity index (χ2n) is 2.85. The normalized spacial score (nSPS) is 20.4. The van der Waals surface area contributed by atoms with Crippen molar-refractivity contribution < 1.29 is 9.18 Å². The predicted octanol–water partition coefficient (Wildman–Crippen LogP) is -0.0944. The van der Waals surface area contributed by atoms with Gasteiger partial charge in [0.05, 0.1) is 0 Å². The van der Waals surface area contributed by atoms with Crippen LogP contribution in [0.4, 0.5) is 4.39 Å². The fraction of sp³-hybridized carbons (Fsp3) is 0.857. The monoisotopic (exact) mass is 160 g/mol. The molecule has 0 aliphatic carbocycles. The van der Waals surface area contributed by atoms with Gasteiger partial charge in [-0.15, -0.1) is 0 Å². The maximum Gasteiger partial charge on any atom is 0.253 e. The van der Waals surface area contributed by atoms with Crippen molar-refractivity contribution in [2.45, 2.75) is 18.9 Å². The molecule has 1 amide bonds. The first-order valence-corrected chi connectivity index (χ1v) is 3.83. The van der Waals surface area contributed by atoms with Crippen LogP contribution in [0.3, 0.4) is 0 Å². The van der Waals surface area contributed by atoms with E-state index in [2.05, 4.69) is 0 Å². The zero-order valence-electron chi connectivity index (χ0n) is 6.42. The molecule has 3 nitrogen and oxygen atoms in total. The Morgan fingerprint density at radius 1 is 1.55 bits per heavy atom. The van der Waals surface area contributed by atoms with E-state index in [0.29, 0.717) is 13.1 Å². The highest BCUT2D eigenvalue weighted by atomic mass is 19.1.